The Hall–Kier alpha value is -1.84. The Morgan fingerprint density at radius 2 is 1.86 bits per heavy atom. The standard InChI is InChI=1S/C17H23NO3/c1-12-9-13(2)11-14(10-12)17(21)18-8-4-3-5-15(18)6-7-16(19)20/h9-11,15H,3-8H2,1-2H3,(H,19,20). The van der Waals surface area contributed by atoms with Crippen LogP contribution in [0.25, 0.3) is 0 Å². The van der Waals surface area contributed by atoms with E-state index < -0.39 is 5.97 Å². The molecular weight excluding hydrogens is 266 g/mol. The number of rotatable bonds is 4. The molecule has 2 rings (SSSR count). The molecule has 0 spiro atoms. The Bertz CT molecular complexity index is 519. The van der Waals surface area contributed by atoms with Crippen LogP contribution in [-0.4, -0.2) is 34.5 Å². The summed E-state index contributed by atoms with van der Waals surface area (Å²) in [6, 6.07) is 5.94. The molecule has 1 aromatic rings. The zero-order valence-corrected chi connectivity index (χ0v) is 12.8. The third-order valence-electron chi connectivity index (χ3n) is 4.05. The van der Waals surface area contributed by atoms with Crippen molar-refractivity contribution in [2.45, 2.75) is 52.0 Å². The number of hydrogen-bond acceptors (Lipinski definition) is 2. The number of amides is 1. The fourth-order valence-electron chi connectivity index (χ4n) is 3.12. The molecule has 1 saturated heterocycles. The van der Waals surface area contributed by atoms with Crippen LogP contribution in [0.15, 0.2) is 18.2 Å². The Morgan fingerprint density at radius 3 is 2.48 bits per heavy atom. The number of likely N-dealkylation sites (tertiary alicyclic amines) is 1. The van der Waals surface area contributed by atoms with Gasteiger partial charge in [-0.15, -0.1) is 0 Å². The van der Waals surface area contributed by atoms with Gasteiger partial charge in [0.1, 0.15) is 0 Å². The third kappa shape index (κ3) is 4.06. The Morgan fingerprint density at radius 1 is 1.19 bits per heavy atom. The van der Waals surface area contributed by atoms with E-state index in [2.05, 4.69) is 6.07 Å². The first kappa shape index (κ1) is 15.5. The highest BCUT2D eigenvalue weighted by molar-refractivity contribution is 5.95. The van der Waals surface area contributed by atoms with Crippen LogP contribution in [0.5, 0.6) is 0 Å². The number of hydrogen-bond donors (Lipinski definition) is 1. The van der Waals surface area contributed by atoms with Crippen LogP contribution in [0.2, 0.25) is 0 Å². The number of carbonyl (C=O) groups is 2. The molecule has 1 unspecified atom stereocenters. The van der Waals surface area contributed by atoms with Gasteiger partial charge in [-0.05, 0) is 51.7 Å². The summed E-state index contributed by atoms with van der Waals surface area (Å²) in [4.78, 5) is 25.4. The average molecular weight is 289 g/mol. The maximum absolute atomic E-state index is 12.7. The van der Waals surface area contributed by atoms with Crippen LogP contribution in [-0.2, 0) is 4.79 Å². The van der Waals surface area contributed by atoms with Gasteiger partial charge in [0.25, 0.3) is 5.91 Å². The van der Waals surface area contributed by atoms with E-state index in [9.17, 15) is 9.59 Å². The molecule has 0 saturated carbocycles. The molecule has 0 aromatic heterocycles. The van der Waals surface area contributed by atoms with Crippen molar-refractivity contribution in [2.75, 3.05) is 6.54 Å². The summed E-state index contributed by atoms with van der Waals surface area (Å²) in [7, 11) is 0. The molecule has 1 amide bonds. The van der Waals surface area contributed by atoms with Crippen LogP contribution in [0.3, 0.4) is 0 Å². The van der Waals surface area contributed by atoms with E-state index in [4.69, 9.17) is 5.11 Å². The van der Waals surface area contributed by atoms with Crippen molar-refractivity contribution in [3.8, 4) is 0 Å². The molecule has 1 atom stereocenters. The van der Waals surface area contributed by atoms with Gasteiger partial charge in [-0.2, -0.15) is 0 Å². The molecule has 4 nitrogen and oxygen atoms in total. The lowest BCUT2D eigenvalue weighted by Gasteiger charge is -2.36. The Labute approximate surface area is 125 Å². The minimum absolute atomic E-state index is 0.0388. The topological polar surface area (TPSA) is 57.6 Å². The number of aryl methyl sites for hydroxylation is 2. The SMILES string of the molecule is Cc1cc(C)cc(C(=O)N2CCCCC2CCC(=O)O)c1. The number of piperidine rings is 1. The second-order valence-corrected chi connectivity index (χ2v) is 5.96. The summed E-state index contributed by atoms with van der Waals surface area (Å²) < 4.78 is 0. The highest BCUT2D eigenvalue weighted by atomic mass is 16.4. The van der Waals surface area contributed by atoms with Crippen LogP contribution < -0.4 is 0 Å². The third-order valence-corrected chi connectivity index (χ3v) is 4.05. The number of carboxylic acid groups (broad SMARTS) is 1. The van der Waals surface area contributed by atoms with Crippen molar-refractivity contribution in [2.24, 2.45) is 0 Å². The maximum atomic E-state index is 12.7. The summed E-state index contributed by atoms with van der Waals surface area (Å²) in [6.07, 6.45) is 3.65. The van der Waals surface area contributed by atoms with Crippen LogP contribution in [0, 0.1) is 13.8 Å². The lowest BCUT2D eigenvalue weighted by Crippen LogP contribution is -2.44. The molecule has 0 radical (unpaired) electrons. The maximum Gasteiger partial charge on any atom is 0.303 e. The second kappa shape index (κ2) is 6.74. The number of aliphatic carboxylic acids is 1. The molecule has 4 heteroatoms. The number of nitrogens with zero attached hydrogens (tertiary/aromatic N) is 1. The van der Waals surface area contributed by atoms with E-state index >= 15 is 0 Å². The van der Waals surface area contributed by atoms with Gasteiger partial charge in [-0.3, -0.25) is 9.59 Å². The first-order valence-corrected chi connectivity index (χ1v) is 7.58. The van der Waals surface area contributed by atoms with Crippen molar-refractivity contribution in [1.29, 1.82) is 0 Å². The average Bonchev–Trinajstić information content (AvgIpc) is 2.43. The quantitative estimate of drug-likeness (QED) is 0.926. The summed E-state index contributed by atoms with van der Waals surface area (Å²) in [5, 5.41) is 8.86. The first-order chi connectivity index (χ1) is 9.97. The van der Waals surface area contributed by atoms with E-state index in [1.807, 2.05) is 30.9 Å². The van der Waals surface area contributed by atoms with Gasteiger partial charge in [-0.25, -0.2) is 0 Å². The summed E-state index contributed by atoms with van der Waals surface area (Å²) in [5.74, 6) is -0.753. The molecule has 1 aromatic carbocycles. The van der Waals surface area contributed by atoms with Gasteiger partial charge in [0.2, 0.25) is 0 Å². The zero-order chi connectivity index (χ0) is 15.4. The van der Waals surface area contributed by atoms with Gasteiger partial charge >= 0.3 is 5.97 Å². The Kier molecular flexibility index (Phi) is 4.99. The second-order valence-electron chi connectivity index (χ2n) is 5.96. The van der Waals surface area contributed by atoms with E-state index in [0.717, 1.165) is 42.5 Å². The first-order valence-electron chi connectivity index (χ1n) is 7.58. The van der Waals surface area contributed by atoms with Crippen molar-refractivity contribution >= 4 is 11.9 Å². The van der Waals surface area contributed by atoms with E-state index in [0.29, 0.717) is 6.42 Å². The predicted octanol–water partition coefficient (Wildman–Crippen LogP) is 3.16. The van der Waals surface area contributed by atoms with Gasteiger partial charge in [0.05, 0.1) is 0 Å². The smallest absolute Gasteiger partial charge is 0.303 e. The lowest BCUT2D eigenvalue weighted by atomic mass is 9.96. The number of carbonyl (C=O) groups excluding carboxylic acids is 1. The molecule has 1 N–H and O–H groups in total. The van der Waals surface area contributed by atoms with E-state index in [1.165, 1.54) is 0 Å². The van der Waals surface area contributed by atoms with E-state index in [1.54, 1.807) is 0 Å². The predicted molar refractivity (Wildman–Crippen MR) is 81.5 cm³/mol. The summed E-state index contributed by atoms with van der Waals surface area (Å²) in [5.41, 5.74) is 2.88. The van der Waals surface area contributed by atoms with Crippen LogP contribution in [0.4, 0.5) is 0 Å². The van der Waals surface area contributed by atoms with Crippen molar-refractivity contribution in [3.05, 3.63) is 34.9 Å². The molecule has 1 fully saturated rings. The molecule has 1 heterocycles. The minimum atomic E-state index is -0.792. The monoisotopic (exact) mass is 289 g/mol. The molecule has 0 bridgehead atoms. The largest absolute Gasteiger partial charge is 0.481 e. The van der Waals surface area contributed by atoms with Crippen molar-refractivity contribution in [3.63, 3.8) is 0 Å². The number of benzene rings is 1. The number of carboxylic acids is 1. The van der Waals surface area contributed by atoms with E-state index in [-0.39, 0.29) is 18.4 Å². The highest BCUT2D eigenvalue weighted by Crippen LogP contribution is 2.23. The van der Waals surface area contributed by atoms with Gasteiger partial charge in [-0.1, -0.05) is 17.2 Å². The van der Waals surface area contributed by atoms with Crippen molar-refractivity contribution in [1.82, 2.24) is 4.90 Å². The van der Waals surface area contributed by atoms with Crippen LogP contribution >= 0.6 is 0 Å². The lowest BCUT2D eigenvalue weighted by molar-refractivity contribution is -0.137. The fraction of sp³-hybridized carbons (Fsp3) is 0.529. The summed E-state index contributed by atoms with van der Waals surface area (Å²) in [6.45, 7) is 4.71. The van der Waals surface area contributed by atoms with Crippen molar-refractivity contribution < 1.29 is 14.7 Å². The molecule has 0 aliphatic carbocycles. The zero-order valence-electron chi connectivity index (χ0n) is 12.8. The molecular formula is C17H23NO3. The molecule has 1 aliphatic heterocycles. The molecule has 21 heavy (non-hydrogen) atoms. The molecule has 114 valence electrons. The molecule has 1 aliphatic rings. The summed E-state index contributed by atoms with van der Waals surface area (Å²) >= 11 is 0. The van der Waals surface area contributed by atoms with Gasteiger partial charge in [0.15, 0.2) is 0 Å². The van der Waals surface area contributed by atoms with Crippen LogP contribution in [0.1, 0.15) is 53.6 Å². The fourth-order valence-corrected chi connectivity index (χ4v) is 3.12. The Balaban J connectivity index is 2.15. The van der Waals surface area contributed by atoms with Gasteiger partial charge in [0, 0.05) is 24.6 Å². The minimum Gasteiger partial charge on any atom is -0.481 e. The normalized spacial score (nSPS) is 18.6. The van der Waals surface area contributed by atoms with Gasteiger partial charge < -0.3 is 10.0 Å². The highest BCUT2D eigenvalue weighted by Gasteiger charge is 2.27.